The molecule has 0 aromatic carbocycles. The average Bonchev–Trinajstić information content (AvgIpc) is 2.12. The van der Waals surface area contributed by atoms with Gasteiger partial charge in [0.05, 0.1) is 0 Å². The summed E-state index contributed by atoms with van der Waals surface area (Å²) in [6.07, 6.45) is 2.05. The van der Waals surface area contributed by atoms with Crippen molar-refractivity contribution in [2.24, 2.45) is 5.41 Å². The van der Waals surface area contributed by atoms with Crippen molar-refractivity contribution in [3.63, 3.8) is 0 Å². The summed E-state index contributed by atoms with van der Waals surface area (Å²) in [6, 6.07) is 0. The lowest BCUT2D eigenvalue weighted by Gasteiger charge is -2.25. The zero-order valence-corrected chi connectivity index (χ0v) is 12.3. The largest absolute Gasteiger partial charge is 0.278 e. The van der Waals surface area contributed by atoms with Gasteiger partial charge in [-0.25, -0.2) is 4.72 Å². The van der Waals surface area contributed by atoms with Crippen LogP contribution in [0.1, 0.15) is 26.7 Å². The van der Waals surface area contributed by atoms with Crippen molar-refractivity contribution >= 4 is 26.1 Å². The van der Waals surface area contributed by atoms with Gasteiger partial charge < -0.3 is 0 Å². The summed E-state index contributed by atoms with van der Waals surface area (Å²) in [6.45, 7) is 4.60. The lowest BCUT2D eigenvalue weighted by molar-refractivity contribution is 0.329. The summed E-state index contributed by atoms with van der Waals surface area (Å²) in [7, 11) is -0.242. The van der Waals surface area contributed by atoms with Gasteiger partial charge in [-0.05, 0) is 18.3 Å². The van der Waals surface area contributed by atoms with Crippen LogP contribution < -0.4 is 4.72 Å². The van der Waals surface area contributed by atoms with E-state index in [9.17, 15) is 8.42 Å². The molecule has 0 aromatic rings. The summed E-state index contributed by atoms with van der Waals surface area (Å²) in [4.78, 5) is 0. The molecule has 0 aliphatic heterocycles. The molecule has 0 amide bonds. The Morgan fingerprint density at radius 3 is 2.27 bits per heavy atom. The molecule has 0 spiro atoms. The van der Waals surface area contributed by atoms with E-state index in [0.29, 0.717) is 6.54 Å². The number of halogens is 1. The van der Waals surface area contributed by atoms with Gasteiger partial charge in [-0.1, -0.05) is 29.8 Å². The molecular formula is C9H21BrN2O2S. The van der Waals surface area contributed by atoms with E-state index in [4.69, 9.17) is 0 Å². The smallest absolute Gasteiger partial charge is 0.202 e. The van der Waals surface area contributed by atoms with Crippen LogP contribution in [0.25, 0.3) is 0 Å². The first-order valence-electron chi connectivity index (χ1n) is 4.94. The topological polar surface area (TPSA) is 49.4 Å². The standard InChI is InChI=1S/C9H21BrN2O2S/c1-9(2,6-5-7-10)8-11-15(13,14)12(3)4/h11H,5-8H2,1-4H3. The quantitative estimate of drug-likeness (QED) is 0.726. The minimum absolute atomic E-state index is 0.00313. The second-order valence-corrected chi connectivity index (χ2v) is 7.33. The predicted octanol–water partition coefficient (Wildman–Crippen LogP) is 1.58. The molecule has 0 aliphatic rings. The Morgan fingerprint density at radius 1 is 1.33 bits per heavy atom. The molecule has 0 fully saturated rings. The summed E-state index contributed by atoms with van der Waals surface area (Å²) in [5.41, 5.74) is -0.00313. The Labute approximate surface area is 102 Å². The average molecular weight is 301 g/mol. The van der Waals surface area contributed by atoms with Crippen molar-refractivity contribution in [3.05, 3.63) is 0 Å². The Kier molecular flexibility index (Phi) is 6.32. The van der Waals surface area contributed by atoms with Crippen molar-refractivity contribution in [2.75, 3.05) is 26.0 Å². The molecule has 0 atom stereocenters. The second kappa shape index (κ2) is 6.18. The first-order valence-corrected chi connectivity index (χ1v) is 7.50. The first kappa shape index (κ1) is 15.3. The molecule has 0 rings (SSSR count). The number of nitrogens with one attached hydrogen (secondary N) is 1. The van der Waals surface area contributed by atoms with Gasteiger partial charge in [-0.3, -0.25) is 0 Å². The van der Waals surface area contributed by atoms with Crippen molar-refractivity contribution in [1.29, 1.82) is 0 Å². The van der Waals surface area contributed by atoms with Crippen LogP contribution in [0.4, 0.5) is 0 Å². The minimum Gasteiger partial charge on any atom is -0.202 e. The molecule has 4 nitrogen and oxygen atoms in total. The highest BCUT2D eigenvalue weighted by Crippen LogP contribution is 2.21. The molecule has 1 N–H and O–H groups in total. The fourth-order valence-corrected chi connectivity index (χ4v) is 2.16. The molecule has 15 heavy (non-hydrogen) atoms. The highest BCUT2D eigenvalue weighted by atomic mass is 79.9. The highest BCUT2D eigenvalue weighted by Gasteiger charge is 2.21. The fourth-order valence-electron chi connectivity index (χ4n) is 1.05. The second-order valence-electron chi connectivity index (χ2n) is 4.57. The number of alkyl halides is 1. The van der Waals surface area contributed by atoms with E-state index >= 15 is 0 Å². The van der Waals surface area contributed by atoms with Gasteiger partial charge >= 0.3 is 0 Å². The molecule has 0 bridgehead atoms. The van der Waals surface area contributed by atoms with Crippen LogP contribution in [0.3, 0.4) is 0 Å². The van der Waals surface area contributed by atoms with E-state index in [-0.39, 0.29) is 5.41 Å². The zero-order valence-electron chi connectivity index (χ0n) is 9.88. The number of rotatable bonds is 7. The Bertz CT molecular complexity index is 276. The van der Waals surface area contributed by atoms with Gasteiger partial charge in [0.2, 0.25) is 0 Å². The number of hydrogen-bond acceptors (Lipinski definition) is 2. The molecule has 6 heteroatoms. The van der Waals surface area contributed by atoms with Crippen LogP contribution in [-0.4, -0.2) is 38.7 Å². The fraction of sp³-hybridized carbons (Fsp3) is 1.00. The van der Waals surface area contributed by atoms with Crippen LogP contribution in [-0.2, 0) is 10.2 Å². The Hall–Kier alpha value is 0.350. The van der Waals surface area contributed by atoms with Crippen LogP contribution in [0.5, 0.6) is 0 Å². The maximum Gasteiger partial charge on any atom is 0.278 e. The molecule has 0 radical (unpaired) electrons. The van der Waals surface area contributed by atoms with Gasteiger partial charge in [-0.15, -0.1) is 0 Å². The Balaban J connectivity index is 4.14. The van der Waals surface area contributed by atoms with E-state index in [0.717, 1.165) is 18.2 Å². The molecule has 0 aliphatic carbocycles. The van der Waals surface area contributed by atoms with Gasteiger partial charge in [0.15, 0.2) is 0 Å². The summed E-state index contributed by atoms with van der Waals surface area (Å²) in [5.74, 6) is 0. The van der Waals surface area contributed by atoms with Gasteiger partial charge in [0, 0.05) is 26.0 Å². The molecule has 0 unspecified atom stereocenters. The highest BCUT2D eigenvalue weighted by molar-refractivity contribution is 9.09. The van der Waals surface area contributed by atoms with Crippen LogP contribution in [0, 0.1) is 5.41 Å². The predicted molar refractivity (Wildman–Crippen MR) is 67.4 cm³/mol. The molecular weight excluding hydrogens is 280 g/mol. The SMILES string of the molecule is CN(C)S(=O)(=O)NCC(C)(C)CCCBr. The van der Waals surface area contributed by atoms with E-state index in [1.54, 1.807) is 0 Å². The monoisotopic (exact) mass is 300 g/mol. The minimum atomic E-state index is -3.28. The van der Waals surface area contributed by atoms with Crippen molar-refractivity contribution in [3.8, 4) is 0 Å². The van der Waals surface area contributed by atoms with Crippen LogP contribution in [0.15, 0.2) is 0 Å². The summed E-state index contributed by atoms with van der Waals surface area (Å²) in [5, 5.41) is 0.955. The third-order valence-corrected chi connectivity index (χ3v) is 4.23. The molecule has 0 aromatic heterocycles. The van der Waals surface area contributed by atoms with Gasteiger partial charge in [0.1, 0.15) is 0 Å². The first-order chi connectivity index (χ1) is 6.71. The van der Waals surface area contributed by atoms with E-state index in [2.05, 4.69) is 34.5 Å². The van der Waals surface area contributed by atoms with Crippen LogP contribution in [0.2, 0.25) is 0 Å². The van der Waals surface area contributed by atoms with E-state index in [1.807, 2.05) is 0 Å². The number of nitrogens with zero attached hydrogens (tertiary/aromatic N) is 1. The third-order valence-electron chi connectivity index (χ3n) is 2.20. The third kappa shape index (κ3) is 6.50. The lowest BCUT2D eigenvalue weighted by Crippen LogP contribution is -2.40. The maximum absolute atomic E-state index is 11.5. The lowest BCUT2D eigenvalue weighted by atomic mass is 9.88. The van der Waals surface area contributed by atoms with Gasteiger partial charge in [-0.2, -0.15) is 12.7 Å². The molecule has 0 heterocycles. The normalized spacial score (nSPS) is 13.5. The number of hydrogen-bond donors (Lipinski definition) is 1. The van der Waals surface area contributed by atoms with Crippen molar-refractivity contribution < 1.29 is 8.42 Å². The van der Waals surface area contributed by atoms with Crippen molar-refractivity contribution in [1.82, 2.24) is 9.03 Å². The van der Waals surface area contributed by atoms with Crippen molar-refractivity contribution in [2.45, 2.75) is 26.7 Å². The van der Waals surface area contributed by atoms with Crippen LogP contribution >= 0.6 is 15.9 Å². The summed E-state index contributed by atoms with van der Waals surface area (Å²) >= 11 is 3.37. The van der Waals surface area contributed by atoms with E-state index in [1.165, 1.54) is 18.4 Å². The van der Waals surface area contributed by atoms with Gasteiger partial charge in [0.25, 0.3) is 10.2 Å². The molecule has 0 saturated carbocycles. The Morgan fingerprint density at radius 2 is 1.87 bits per heavy atom. The molecule has 92 valence electrons. The zero-order chi connectivity index (χ0) is 12.1. The molecule has 0 saturated heterocycles. The van der Waals surface area contributed by atoms with E-state index < -0.39 is 10.2 Å². The maximum atomic E-state index is 11.5. The summed E-state index contributed by atoms with van der Waals surface area (Å²) < 4.78 is 26.7.